The predicted molar refractivity (Wildman–Crippen MR) is 275 cm³/mol. The molecule has 0 saturated carbocycles. The standard InChI is InChI=1S/C56H72N8O8/c1-10-63-47-20-18-39-30-43(47)44(51(63)42-16-12-23-57-49(42)36(4)70-9)31-56(5,6)34-72-55(69)45-17-13-24-64(59-45)54(68)46(29-37-14-11-15-38(39)28-37)58-52(66)50(35(2)3)61(8)53(67)40-22-25-62(32-40)48(65)21-19-41-33-71-27-26-60(41)7/h11-12,14-16,18,20,23,28,30,35-36,40-41,45-46,50,59H,10,13,17,22,24-27,29,31-34H2,1-9H3,(H,58,66)/t36-,40-,41+,45-,46-,50-/m0/s1. The molecule has 4 amide bonds. The van der Waals surface area contributed by atoms with Crippen LogP contribution in [0.15, 0.2) is 60.8 Å². The van der Waals surface area contributed by atoms with Crippen molar-refractivity contribution >= 4 is 40.5 Å². The molecule has 2 aromatic carbocycles. The van der Waals surface area contributed by atoms with Gasteiger partial charge in [0, 0.05) is 81.4 Å². The van der Waals surface area contributed by atoms with Gasteiger partial charge < -0.3 is 33.9 Å². The van der Waals surface area contributed by atoms with Gasteiger partial charge in [0.25, 0.3) is 11.8 Å². The number of likely N-dealkylation sites (N-methyl/N-ethyl adjacent to an activating group) is 2. The van der Waals surface area contributed by atoms with Crippen LogP contribution >= 0.6 is 0 Å². The van der Waals surface area contributed by atoms with Crippen molar-refractivity contribution in [1.82, 2.24) is 40.0 Å². The van der Waals surface area contributed by atoms with E-state index >= 15 is 0 Å². The zero-order valence-corrected chi connectivity index (χ0v) is 43.5. The minimum Gasteiger partial charge on any atom is -0.464 e. The number of cyclic esters (lactones) is 1. The van der Waals surface area contributed by atoms with Gasteiger partial charge >= 0.3 is 5.97 Å². The first-order valence-corrected chi connectivity index (χ1v) is 25.6. The van der Waals surface area contributed by atoms with Crippen molar-refractivity contribution in [1.29, 1.82) is 0 Å². The van der Waals surface area contributed by atoms with E-state index in [9.17, 15) is 24.0 Å². The Bertz CT molecular complexity index is 2740. The molecule has 0 unspecified atom stereocenters. The maximum atomic E-state index is 14.8. The summed E-state index contributed by atoms with van der Waals surface area (Å²) < 4.78 is 19.9. The number of nitrogens with one attached hydrogen (secondary N) is 2. The molecule has 16 nitrogen and oxygen atoms in total. The SMILES string of the molecule is CCn1c(-c2cccnc2[C@H](C)OC)c2c3cc(ccc31)-c1cccc(c1)C[C@H](NC(=O)[C@H](C(C)C)N(C)C(=O)[C@H]1CCN(C(=O)C#C[C@@H]3COCCN3C)C1)C(=O)N1CCC[C@H](N1)C(=O)OCC(C)(C)C2. The molecule has 3 fully saturated rings. The van der Waals surface area contributed by atoms with Gasteiger partial charge in [0.1, 0.15) is 18.1 Å². The number of hydrazine groups is 1. The molecule has 8 rings (SSSR count). The lowest BCUT2D eigenvalue weighted by Gasteiger charge is -2.37. The van der Waals surface area contributed by atoms with Crippen LogP contribution in [0.5, 0.6) is 0 Å². The number of aromatic nitrogens is 2. The molecule has 0 aliphatic carbocycles. The number of hydrogen-bond donors (Lipinski definition) is 2. The monoisotopic (exact) mass is 985 g/mol. The maximum Gasteiger partial charge on any atom is 0.324 e. The molecule has 4 aliphatic heterocycles. The number of hydrogen-bond acceptors (Lipinski definition) is 11. The number of carbonyl (C=O) groups is 5. The molecular weight excluding hydrogens is 913 g/mol. The van der Waals surface area contributed by atoms with Gasteiger partial charge in [0.2, 0.25) is 11.8 Å². The quantitative estimate of drug-likeness (QED) is 0.163. The summed E-state index contributed by atoms with van der Waals surface area (Å²) in [4.78, 5) is 80.8. The molecule has 384 valence electrons. The number of pyridine rings is 1. The van der Waals surface area contributed by atoms with Crippen molar-refractivity contribution in [3.8, 4) is 34.2 Å². The molecule has 2 aromatic heterocycles. The highest BCUT2D eigenvalue weighted by Crippen LogP contribution is 2.42. The summed E-state index contributed by atoms with van der Waals surface area (Å²) in [6, 6.07) is 15.6. The van der Waals surface area contributed by atoms with Crippen LogP contribution in [0.3, 0.4) is 0 Å². The van der Waals surface area contributed by atoms with Gasteiger partial charge in [-0.2, -0.15) is 0 Å². The lowest BCUT2D eigenvalue weighted by atomic mass is 9.84. The molecule has 6 heterocycles. The number of morpholine rings is 1. The van der Waals surface area contributed by atoms with Crippen LogP contribution < -0.4 is 10.7 Å². The van der Waals surface area contributed by atoms with E-state index in [1.165, 1.54) is 9.91 Å². The number of amides is 4. The molecular formula is C56H72N8O8. The van der Waals surface area contributed by atoms with Gasteiger partial charge in [-0.1, -0.05) is 63.9 Å². The molecule has 2 N–H and O–H groups in total. The van der Waals surface area contributed by atoms with Gasteiger partial charge in [-0.3, -0.25) is 38.9 Å². The number of benzene rings is 2. The number of aryl methyl sites for hydroxylation is 1. The summed E-state index contributed by atoms with van der Waals surface area (Å²) in [5.41, 5.74) is 10.4. The largest absolute Gasteiger partial charge is 0.464 e. The van der Waals surface area contributed by atoms with Gasteiger partial charge in [0.15, 0.2) is 0 Å². The van der Waals surface area contributed by atoms with Crippen LogP contribution in [0.25, 0.3) is 33.3 Å². The van der Waals surface area contributed by atoms with Crippen LogP contribution in [0, 0.1) is 29.1 Å². The van der Waals surface area contributed by atoms with Crippen LogP contribution in [-0.4, -0.2) is 150 Å². The molecule has 4 aromatic rings. The highest BCUT2D eigenvalue weighted by molar-refractivity contribution is 5.97. The van der Waals surface area contributed by atoms with Crippen molar-refractivity contribution in [3.63, 3.8) is 0 Å². The fraction of sp³-hybridized carbons (Fsp3) is 0.536. The van der Waals surface area contributed by atoms with E-state index in [4.69, 9.17) is 19.2 Å². The lowest BCUT2D eigenvalue weighted by Crippen LogP contribution is -2.62. The second-order valence-corrected chi connectivity index (χ2v) is 21.1. The van der Waals surface area contributed by atoms with Crippen molar-refractivity contribution in [3.05, 3.63) is 77.6 Å². The number of likely N-dealkylation sites (tertiary alicyclic amines) is 1. The van der Waals surface area contributed by atoms with E-state index in [-0.39, 0.29) is 49.5 Å². The molecule has 72 heavy (non-hydrogen) atoms. The van der Waals surface area contributed by atoms with E-state index in [0.717, 1.165) is 56.7 Å². The highest BCUT2D eigenvalue weighted by Gasteiger charge is 2.40. The summed E-state index contributed by atoms with van der Waals surface area (Å²) in [6.07, 6.45) is 3.70. The molecule has 4 aliphatic rings. The third-order valence-electron chi connectivity index (χ3n) is 14.9. The van der Waals surface area contributed by atoms with Crippen molar-refractivity contribution < 1.29 is 38.2 Å². The number of esters is 1. The Morgan fingerprint density at radius 3 is 2.57 bits per heavy atom. The predicted octanol–water partition coefficient (Wildman–Crippen LogP) is 5.41. The fourth-order valence-electron chi connectivity index (χ4n) is 10.8. The Morgan fingerprint density at radius 2 is 1.82 bits per heavy atom. The van der Waals surface area contributed by atoms with E-state index < -0.39 is 47.2 Å². The third kappa shape index (κ3) is 11.2. The Kier molecular flexibility index (Phi) is 16.2. The number of fused-ring (bicyclic) bond motifs is 6. The van der Waals surface area contributed by atoms with Crippen LogP contribution in [-0.2, 0) is 57.6 Å². The summed E-state index contributed by atoms with van der Waals surface area (Å²) in [7, 11) is 5.25. The number of ether oxygens (including phenoxy) is 3. The molecule has 0 radical (unpaired) electrons. The average Bonchev–Trinajstić information content (AvgIpc) is 3.99. The number of rotatable bonds is 9. The molecule has 16 heteroatoms. The van der Waals surface area contributed by atoms with Gasteiger partial charge in [-0.05, 0) is 105 Å². The fourth-order valence-corrected chi connectivity index (χ4v) is 10.8. The average molecular weight is 985 g/mol. The summed E-state index contributed by atoms with van der Waals surface area (Å²) in [5.74, 6) is 3.01. The molecule has 3 saturated heterocycles. The first kappa shape index (κ1) is 52.2. The molecule has 6 atom stereocenters. The Morgan fingerprint density at radius 1 is 1.03 bits per heavy atom. The van der Waals surface area contributed by atoms with Crippen molar-refractivity contribution in [2.75, 3.05) is 67.2 Å². The first-order valence-electron chi connectivity index (χ1n) is 25.6. The number of methoxy groups -OCH3 is 1. The highest BCUT2D eigenvalue weighted by atomic mass is 16.5. The number of carbonyl (C=O) groups excluding carboxylic acids is 5. The van der Waals surface area contributed by atoms with E-state index in [0.29, 0.717) is 58.5 Å². The van der Waals surface area contributed by atoms with E-state index in [1.54, 1.807) is 25.3 Å². The minimum atomic E-state index is -1.07. The second-order valence-electron chi connectivity index (χ2n) is 21.1. The number of nitrogens with zero attached hydrogens (tertiary/aromatic N) is 6. The second kappa shape index (κ2) is 22.3. The van der Waals surface area contributed by atoms with E-state index in [2.05, 4.69) is 89.2 Å². The van der Waals surface area contributed by atoms with Gasteiger partial charge in [0.05, 0.1) is 49.3 Å². The summed E-state index contributed by atoms with van der Waals surface area (Å²) in [5, 5.41) is 5.59. The van der Waals surface area contributed by atoms with Crippen LogP contribution in [0.4, 0.5) is 0 Å². The summed E-state index contributed by atoms with van der Waals surface area (Å²) >= 11 is 0. The minimum absolute atomic E-state index is 0.130. The first-order chi connectivity index (χ1) is 34.5. The maximum absolute atomic E-state index is 14.8. The Hall–Kier alpha value is -6.12. The van der Waals surface area contributed by atoms with Crippen LogP contribution in [0.1, 0.15) is 83.7 Å². The topological polar surface area (TPSA) is 168 Å². The summed E-state index contributed by atoms with van der Waals surface area (Å²) in [6.45, 7) is 15.6. The smallest absolute Gasteiger partial charge is 0.324 e. The lowest BCUT2D eigenvalue weighted by molar-refractivity contribution is -0.155. The van der Waals surface area contributed by atoms with Gasteiger partial charge in [-0.25, -0.2) is 5.43 Å². The van der Waals surface area contributed by atoms with Crippen molar-refractivity contribution in [2.24, 2.45) is 17.3 Å². The van der Waals surface area contributed by atoms with E-state index in [1.807, 2.05) is 46.0 Å². The Labute approximate surface area is 424 Å². The third-order valence-corrected chi connectivity index (χ3v) is 14.9. The molecule has 0 spiro atoms. The zero-order valence-electron chi connectivity index (χ0n) is 43.5. The van der Waals surface area contributed by atoms with Crippen LogP contribution in [0.2, 0.25) is 0 Å². The normalized spacial score (nSPS) is 22.6. The van der Waals surface area contributed by atoms with Gasteiger partial charge in [-0.15, -0.1) is 0 Å². The van der Waals surface area contributed by atoms with Crippen molar-refractivity contribution in [2.45, 2.75) is 110 Å². The molecule has 6 bridgehead atoms. The zero-order chi connectivity index (χ0) is 51.4. The Balaban J connectivity index is 1.11.